The summed E-state index contributed by atoms with van der Waals surface area (Å²) in [5.41, 5.74) is 1.07. The van der Waals surface area contributed by atoms with Gasteiger partial charge in [-0.25, -0.2) is 13.7 Å². The number of carbonyl (C=O) groups excluding carboxylic acids is 2. The van der Waals surface area contributed by atoms with E-state index >= 15 is 0 Å². The molecule has 0 fully saturated rings. The van der Waals surface area contributed by atoms with Crippen LogP contribution in [-0.2, 0) is 9.59 Å². The van der Waals surface area contributed by atoms with Crippen molar-refractivity contribution in [3.63, 3.8) is 0 Å². The molecule has 1 aliphatic heterocycles. The maximum Gasteiger partial charge on any atom is 0.282 e. The summed E-state index contributed by atoms with van der Waals surface area (Å²) in [7, 11) is 0. The first-order chi connectivity index (χ1) is 15.5. The molecular formula is C25H20F2N2O3. The fraction of sp³-hybridized carbons (Fsp3) is 0.120. The number of ether oxygens (including phenoxy) is 1. The van der Waals surface area contributed by atoms with Crippen LogP contribution >= 0.6 is 0 Å². The van der Waals surface area contributed by atoms with Crippen LogP contribution in [0.4, 0.5) is 20.2 Å². The third-order valence-electron chi connectivity index (χ3n) is 4.90. The Labute approximate surface area is 183 Å². The van der Waals surface area contributed by atoms with E-state index < -0.39 is 23.4 Å². The van der Waals surface area contributed by atoms with Gasteiger partial charge in [-0.05, 0) is 36.2 Å². The summed E-state index contributed by atoms with van der Waals surface area (Å²) < 4.78 is 32.9. The van der Waals surface area contributed by atoms with Gasteiger partial charge in [0.05, 0.1) is 17.9 Å². The molecule has 3 aromatic carbocycles. The summed E-state index contributed by atoms with van der Waals surface area (Å²) in [4.78, 5) is 28.0. The number of hydrogen-bond acceptors (Lipinski definition) is 4. The molecule has 0 unspecified atom stereocenters. The zero-order valence-electron chi connectivity index (χ0n) is 17.3. The highest BCUT2D eigenvalue weighted by atomic mass is 19.2. The van der Waals surface area contributed by atoms with Gasteiger partial charge in [0.2, 0.25) is 0 Å². The highest BCUT2D eigenvalue weighted by Crippen LogP contribution is 2.38. The standard InChI is InChI=1S/C25H20F2N2O3/c1-2-14-32-21-11-7-6-10-20(21)29-24(30)22(16-8-4-3-5-9-16)23(25(29)31)28-17-12-13-18(26)19(27)15-17/h3-13,15,28H,2,14H2,1H3. The van der Waals surface area contributed by atoms with Crippen LogP contribution in [0.25, 0.3) is 5.57 Å². The van der Waals surface area contributed by atoms with Crippen molar-refractivity contribution in [2.24, 2.45) is 0 Å². The summed E-state index contributed by atoms with van der Waals surface area (Å²) in [6.45, 7) is 2.37. The van der Waals surface area contributed by atoms with Crippen molar-refractivity contribution in [3.05, 3.63) is 95.7 Å². The van der Waals surface area contributed by atoms with Gasteiger partial charge in [0.15, 0.2) is 11.6 Å². The first-order valence-electron chi connectivity index (χ1n) is 10.1. The van der Waals surface area contributed by atoms with Gasteiger partial charge in [-0.1, -0.05) is 49.4 Å². The molecule has 0 bridgehead atoms. The minimum Gasteiger partial charge on any atom is -0.491 e. The Morgan fingerprint density at radius 2 is 1.59 bits per heavy atom. The summed E-state index contributed by atoms with van der Waals surface area (Å²) in [5.74, 6) is -2.84. The average Bonchev–Trinajstić information content (AvgIpc) is 3.04. The molecule has 4 rings (SSSR count). The maximum atomic E-state index is 13.8. The lowest BCUT2D eigenvalue weighted by Gasteiger charge is -2.19. The van der Waals surface area contributed by atoms with E-state index in [9.17, 15) is 18.4 Å². The van der Waals surface area contributed by atoms with Crippen molar-refractivity contribution in [1.82, 2.24) is 0 Å². The van der Waals surface area contributed by atoms with Gasteiger partial charge in [-0.15, -0.1) is 0 Å². The van der Waals surface area contributed by atoms with Crippen LogP contribution < -0.4 is 15.0 Å². The molecule has 0 aromatic heterocycles. The molecule has 7 heteroatoms. The largest absolute Gasteiger partial charge is 0.491 e. The number of nitrogens with one attached hydrogen (secondary N) is 1. The topological polar surface area (TPSA) is 58.6 Å². The molecule has 0 saturated carbocycles. The summed E-state index contributed by atoms with van der Waals surface area (Å²) in [6, 6.07) is 18.7. The molecule has 0 atom stereocenters. The molecule has 0 aliphatic carbocycles. The monoisotopic (exact) mass is 434 g/mol. The van der Waals surface area contributed by atoms with Crippen molar-refractivity contribution in [2.75, 3.05) is 16.8 Å². The lowest BCUT2D eigenvalue weighted by molar-refractivity contribution is -0.120. The molecule has 5 nitrogen and oxygen atoms in total. The molecule has 3 aromatic rings. The van der Waals surface area contributed by atoms with E-state index in [-0.39, 0.29) is 17.0 Å². The SMILES string of the molecule is CCCOc1ccccc1N1C(=O)C(Nc2ccc(F)c(F)c2)=C(c2ccccc2)C1=O. The van der Waals surface area contributed by atoms with Crippen LogP contribution in [0.1, 0.15) is 18.9 Å². The van der Waals surface area contributed by atoms with Crippen molar-refractivity contribution in [3.8, 4) is 5.75 Å². The predicted molar refractivity (Wildman–Crippen MR) is 118 cm³/mol. The number of hydrogen-bond donors (Lipinski definition) is 1. The van der Waals surface area contributed by atoms with Crippen LogP contribution in [-0.4, -0.2) is 18.4 Å². The maximum absolute atomic E-state index is 13.8. The van der Waals surface area contributed by atoms with Crippen LogP contribution in [0.2, 0.25) is 0 Å². The van der Waals surface area contributed by atoms with E-state index in [0.29, 0.717) is 23.6 Å². The van der Waals surface area contributed by atoms with Crippen molar-refractivity contribution in [2.45, 2.75) is 13.3 Å². The lowest BCUT2D eigenvalue weighted by atomic mass is 10.0. The van der Waals surface area contributed by atoms with E-state index in [1.807, 2.05) is 6.92 Å². The molecule has 0 spiro atoms. The van der Waals surface area contributed by atoms with Gasteiger partial charge >= 0.3 is 0 Å². The fourth-order valence-corrected chi connectivity index (χ4v) is 3.43. The number of rotatable bonds is 7. The zero-order valence-corrected chi connectivity index (χ0v) is 17.3. The van der Waals surface area contributed by atoms with Crippen LogP contribution in [0.5, 0.6) is 5.75 Å². The highest BCUT2D eigenvalue weighted by molar-refractivity contribution is 6.46. The zero-order chi connectivity index (χ0) is 22.7. The fourth-order valence-electron chi connectivity index (χ4n) is 3.43. The van der Waals surface area contributed by atoms with Gasteiger partial charge in [0.1, 0.15) is 11.4 Å². The predicted octanol–water partition coefficient (Wildman–Crippen LogP) is 5.15. The van der Waals surface area contributed by atoms with Crippen molar-refractivity contribution < 1.29 is 23.1 Å². The molecule has 1 aliphatic rings. The number of imide groups is 1. The second-order valence-electron chi connectivity index (χ2n) is 7.13. The first kappa shape index (κ1) is 21.2. The molecule has 1 N–H and O–H groups in total. The highest BCUT2D eigenvalue weighted by Gasteiger charge is 2.41. The molecular weight excluding hydrogens is 414 g/mol. The van der Waals surface area contributed by atoms with Gasteiger partial charge < -0.3 is 10.1 Å². The van der Waals surface area contributed by atoms with E-state index in [4.69, 9.17) is 4.74 Å². The third-order valence-corrected chi connectivity index (χ3v) is 4.90. The Morgan fingerprint density at radius 3 is 2.31 bits per heavy atom. The smallest absolute Gasteiger partial charge is 0.282 e. The minimum absolute atomic E-state index is 0.0301. The number of para-hydroxylation sites is 2. The Balaban J connectivity index is 1.80. The number of carbonyl (C=O) groups is 2. The molecule has 0 saturated heterocycles. The Bertz CT molecular complexity index is 1210. The molecule has 0 radical (unpaired) electrons. The second-order valence-corrected chi connectivity index (χ2v) is 7.13. The van der Waals surface area contributed by atoms with Crippen molar-refractivity contribution >= 4 is 28.8 Å². The minimum atomic E-state index is -1.07. The number of benzene rings is 3. The van der Waals surface area contributed by atoms with Gasteiger partial charge in [-0.3, -0.25) is 9.59 Å². The number of nitrogens with zero attached hydrogens (tertiary/aromatic N) is 1. The van der Waals surface area contributed by atoms with E-state index in [2.05, 4.69) is 5.32 Å². The quantitative estimate of drug-likeness (QED) is 0.523. The van der Waals surface area contributed by atoms with Crippen LogP contribution in [0.15, 0.2) is 78.5 Å². The van der Waals surface area contributed by atoms with E-state index in [1.54, 1.807) is 54.6 Å². The van der Waals surface area contributed by atoms with Crippen LogP contribution in [0.3, 0.4) is 0 Å². The summed E-state index contributed by atoms with van der Waals surface area (Å²) in [5, 5.41) is 2.82. The number of halogens is 2. The van der Waals surface area contributed by atoms with Gasteiger partial charge in [0.25, 0.3) is 11.8 Å². The number of anilines is 2. The van der Waals surface area contributed by atoms with Gasteiger partial charge in [0, 0.05) is 11.8 Å². The summed E-state index contributed by atoms with van der Waals surface area (Å²) in [6.07, 6.45) is 0.757. The van der Waals surface area contributed by atoms with Crippen LogP contribution in [0, 0.1) is 11.6 Å². The molecule has 1 heterocycles. The Hall–Kier alpha value is -4.00. The summed E-state index contributed by atoms with van der Waals surface area (Å²) >= 11 is 0. The normalized spacial score (nSPS) is 13.7. The first-order valence-corrected chi connectivity index (χ1v) is 10.1. The van der Waals surface area contributed by atoms with E-state index in [0.717, 1.165) is 23.5 Å². The molecule has 2 amide bonds. The van der Waals surface area contributed by atoms with E-state index in [1.165, 1.54) is 6.07 Å². The molecule has 162 valence electrons. The Kier molecular flexibility index (Phi) is 5.98. The van der Waals surface area contributed by atoms with Crippen molar-refractivity contribution in [1.29, 1.82) is 0 Å². The average molecular weight is 434 g/mol. The molecule has 32 heavy (non-hydrogen) atoms. The Morgan fingerprint density at radius 1 is 0.875 bits per heavy atom. The third kappa shape index (κ3) is 3.97. The van der Waals surface area contributed by atoms with Gasteiger partial charge in [-0.2, -0.15) is 0 Å². The lowest BCUT2D eigenvalue weighted by Crippen LogP contribution is -2.32. The number of amides is 2. The second kappa shape index (κ2) is 9.01.